The Balaban J connectivity index is 2.95. The summed E-state index contributed by atoms with van der Waals surface area (Å²) in [4.78, 5) is 0. The molecule has 0 radical (unpaired) electrons. The minimum atomic E-state index is -2.00. The first-order valence-electron chi connectivity index (χ1n) is 1.58. The Morgan fingerprint density at radius 2 is 1.71 bits per heavy atom. The smallest absolute Gasteiger partial charge is 0.269 e. The second-order valence-corrected chi connectivity index (χ2v) is 0.853. The molecule has 0 heterocycles. The van der Waals surface area contributed by atoms with Crippen molar-refractivity contribution in [3.8, 4) is 0 Å². The molecular weight excluding hydrogens is 102 g/mol. The zero-order chi connectivity index (χ0) is 5.86. The molecule has 0 amide bonds. The van der Waals surface area contributed by atoms with Gasteiger partial charge in [0, 0.05) is 0 Å². The predicted molar refractivity (Wildman–Crippen MR) is 19.5 cm³/mol. The summed E-state index contributed by atoms with van der Waals surface area (Å²) in [5, 5.41) is 23.6. The quantitative estimate of drug-likeness (QED) is 0.294. The van der Waals surface area contributed by atoms with Gasteiger partial charge in [-0.15, -0.1) is 0 Å². The Labute approximate surface area is 39.9 Å². The first-order valence-corrected chi connectivity index (χ1v) is 1.58. The van der Waals surface area contributed by atoms with E-state index in [4.69, 9.17) is 15.3 Å². The van der Waals surface area contributed by atoms with Crippen molar-refractivity contribution in [3.63, 3.8) is 0 Å². The number of ether oxygens (including phenoxy) is 1. The zero-order valence-corrected chi connectivity index (χ0v) is 3.48. The first-order chi connectivity index (χ1) is 3.13. The van der Waals surface area contributed by atoms with E-state index >= 15 is 0 Å². The molecule has 5 nitrogen and oxygen atoms in total. The molecule has 7 heavy (non-hydrogen) atoms. The van der Waals surface area contributed by atoms with Gasteiger partial charge in [-0.05, 0) is 0 Å². The fourth-order valence-electron chi connectivity index (χ4n) is 0.125. The Kier molecular flexibility index (Phi) is 2.81. The SMILES string of the molecule is NC(O)OC(O)O. The molecule has 0 saturated carbocycles. The summed E-state index contributed by atoms with van der Waals surface area (Å²) in [6.07, 6.45) is -1.62. The summed E-state index contributed by atoms with van der Waals surface area (Å²) in [5.74, 6) is 0. The van der Waals surface area contributed by atoms with Gasteiger partial charge in [-0.2, -0.15) is 0 Å². The standard InChI is InChI=1S/C2H7NO4/c3-1(4)7-2(5)6/h1-2,4-6H,3H2. The van der Waals surface area contributed by atoms with Gasteiger partial charge >= 0.3 is 0 Å². The molecule has 0 aliphatic rings. The van der Waals surface area contributed by atoms with E-state index in [0.717, 1.165) is 0 Å². The van der Waals surface area contributed by atoms with E-state index in [1.165, 1.54) is 0 Å². The summed E-state index contributed by atoms with van der Waals surface area (Å²) in [6.45, 7) is -2.00. The van der Waals surface area contributed by atoms with E-state index in [2.05, 4.69) is 10.5 Å². The highest BCUT2D eigenvalue weighted by molar-refractivity contribution is 4.13. The Morgan fingerprint density at radius 1 is 1.29 bits per heavy atom. The molecule has 0 aromatic rings. The van der Waals surface area contributed by atoms with Crippen LogP contribution >= 0.6 is 0 Å². The molecule has 0 saturated heterocycles. The van der Waals surface area contributed by atoms with Gasteiger partial charge in [0.25, 0.3) is 6.48 Å². The highest BCUT2D eigenvalue weighted by atomic mass is 16.8. The van der Waals surface area contributed by atoms with Gasteiger partial charge in [0.2, 0.25) is 6.41 Å². The van der Waals surface area contributed by atoms with Gasteiger partial charge in [-0.3, -0.25) is 10.5 Å². The number of hydrogen-bond acceptors (Lipinski definition) is 5. The van der Waals surface area contributed by atoms with E-state index in [0.29, 0.717) is 0 Å². The fourth-order valence-corrected chi connectivity index (χ4v) is 0.125. The molecular formula is C2H7NO4. The minimum absolute atomic E-state index is 1.62. The largest absolute Gasteiger partial charge is 0.356 e. The Morgan fingerprint density at radius 3 is 1.71 bits per heavy atom. The average molecular weight is 109 g/mol. The normalized spacial score (nSPS) is 15.0. The third-order valence-electron chi connectivity index (χ3n) is 0.261. The monoisotopic (exact) mass is 109 g/mol. The third kappa shape index (κ3) is 5.80. The van der Waals surface area contributed by atoms with E-state index in [-0.39, 0.29) is 0 Å². The van der Waals surface area contributed by atoms with Crippen LogP contribution in [0.25, 0.3) is 0 Å². The maximum atomic E-state index is 7.96. The van der Waals surface area contributed by atoms with Crippen molar-refractivity contribution in [3.05, 3.63) is 0 Å². The molecule has 5 N–H and O–H groups in total. The van der Waals surface area contributed by atoms with Crippen LogP contribution in [0.3, 0.4) is 0 Å². The van der Waals surface area contributed by atoms with Crippen LogP contribution < -0.4 is 5.73 Å². The van der Waals surface area contributed by atoms with Crippen LogP contribution in [0, 0.1) is 0 Å². The molecule has 1 atom stereocenters. The molecule has 44 valence electrons. The van der Waals surface area contributed by atoms with Crippen molar-refractivity contribution in [1.82, 2.24) is 0 Å². The maximum Gasteiger partial charge on any atom is 0.269 e. The summed E-state index contributed by atoms with van der Waals surface area (Å²) in [6, 6.07) is 0. The lowest BCUT2D eigenvalue weighted by molar-refractivity contribution is -0.294. The second kappa shape index (κ2) is 2.89. The molecule has 0 bridgehead atoms. The van der Waals surface area contributed by atoms with Crippen molar-refractivity contribution >= 4 is 0 Å². The van der Waals surface area contributed by atoms with E-state index in [1.807, 2.05) is 0 Å². The van der Waals surface area contributed by atoms with E-state index in [1.54, 1.807) is 0 Å². The van der Waals surface area contributed by atoms with Gasteiger partial charge in [-0.25, -0.2) is 0 Å². The summed E-state index contributed by atoms with van der Waals surface area (Å²) < 4.78 is 3.69. The highest BCUT2D eigenvalue weighted by Gasteiger charge is 1.99. The average Bonchev–Trinajstić information content (AvgIpc) is 1.27. The molecule has 0 aliphatic heterocycles. The molecule has 0 spiro atoms. The summed E-state index contributed by atoms with van der Waals surface area (Å²) >= 11 is 0. The Bertz CT molecular complexity index is 39.0. The molecule has 0 rings (SSSR count). The van der Waals surface area contributed by atoms with Gasteiger partial charge in [0.1, 0.15) is 0 Å². The minimum Gasteiger partial charge on any atom is -0.356 e. The molecule has 0 aliphatic carbocycles. The van der Waals surface area contributed by atoms with Gasteiger partial charge in [0.05, 0.1) is 0 Å². The lowest BCUT2D eigenvalue weighted by Gasteiger charge is -2.05. The van der Waals surface area contributed by atoms with Gasteiger partial charge < -0.3 is 15.3 Å². The summed E-state index contributed by atoms with van der Waals surface area (Å²) in [7, 11) is 0. The van der Waals surface area contributed by atoms with Crippen LogP contribution in [-0.4, -0.2) is 28.2 Å². The predicted octanol–water partition coefficient (Wildman–Crippen LogP) is -2.49. The van der Waals surface area contributed by atoms with Crippen molar-refractivity contribution in [2.45, 2.75) is 12.9 Å². The second-order valence-electron chi connectivity index (χ2n) is 0.853. The topological polar surface area (TPSA) is 95.9 Å². The van der Waals surface area contributed by atoms with Crippen LogP contribution in [0.15, 0.2) is 0 Å². The maximum absolute atomic E-state index is 7.96. The van der Waals surface area contributed by atoms with Crippen LogP contribution in [0.2, 0.25) is 0 Å². The lowest BCUT2D eigenvalue weighted by Crippen LogP contribution is -2.28. The highest BCUT2D eigenvalue weighted by Crippen LogP contribution is 1.79. The zero-order valence-electron chi connectivity index (χ0n) is 3.48. The first kappa shape index (κ1) is 6.80. The number of hydrogen-bond donors (Lipinski definition) is 4. The van der Waals surface area contributed by atoms with Crippen molar-refractivity contribution in [2.75, 3.05) is 0 Å². The molecule has 0 aromatic carbocycles. The van der Waals surface area contributed by atoms with Gasteiger partial charge in [0.15, 0.2) is 0 Å². The lowest BCUT2D eigenvalue weighted by atomic mass is 11.1. The molecule has 5 heteroatoms. The van der Waals surface area contributed by atoms with Crippen molar-refractivity contribution in [1.29, 1.82) is 0 Å². The van der Waals surface area contributed by atoms with Crippen LogP contribution in [0.4, 0.5) is 0 Å². The Hall–Kier alpha value is -0.200. The molecule has 0 aromatic heterocycles. The van der Waals surface area contributed by atoms with Crippen molar-refractivity contribution in [2.24, 2.45) is 5.73 Å². The van der Waals surface area contributed by atoms with Gasteiger partial charge in [-0.1, -0.05) is 0 Å². The third-order valence-corrected chi connectivity index (χ3v) is 0.261. The van der Waals surface area contributed by atoms with Crippen LogP contribution in [-0.2, 0) is 4.74 Å². The summed E-state index contributed by atoms with van der Waals surface area (Å²) in [5.41, 5.74) is 4.51. The fraction of sp³-hybridized carbons (Fsp3) is 1.00. The number of aliphatic hydroxyl groups excluding tert-OH is 2. The van der Waals surface area contributed by atoms with Crippen LogP contribution in [0.5, 0.6) is 0 Å². The van der Waals surface area contributed by atoms with E-state index in [9.17, 15) is 0 Å². The molecule has 0 fully saturated rings. The number of aliphatic hydroxyl groups is 3. The van der Waals surface area contributed by atoms with E-state index < -0.39 is 12.9 Å². The van der Waals surface area contributed by atoms with Crippen molar-refractivity contribution < 1.29 is 20.1 Å². The number of nitrogens with two attached hydrogens (primary N) is 1. The van der Waals surface area contributed by atoms with Crippen LogP contribution in [0.1, 0.15) is 0 Å². The number of rotatable bonds is 2. The molecule has 1 unspecified atom stereocenters.